The number of carbonyl (C=O) groups is 1. The van der Waals surface area contributed by atoms with E-state index in [2.05, 4.69) is 0 Å². The zero-order valence-electron chi connectivity index (χ0n) is 16.0. The third-order valence-corrected chi connectivity index (χ3v) is 6.01. The lowest BCUT2D eigenvalue weighted by atomic mass is 9.73. The highest BCUT2D eigenvalue weighted by Crippen LogP contribution is 2.42. The van der Waals surface area contributed by atoms with Crippen LogP contribution in [0.25, 0.3) is 11.3 Å². The van der Waals surface area contributed by atoms with Gasteiger partial charge >= 0.3 is 0 Å². The van der Waals surface area contributed by atoms with Crippen molar-refractivity contribution in [3.63, 3.8) is 0 Å². The number of nitrogens with zero attached hydrogens (tertiary/aromatic N) is 3. The molecule has 1 aromatic carbocycles. The molecule has 142 valence electrons. The number of fused-ring (bicyclic) bond motifs is 2. The van der Waals surface area contributed by atoms with Gasteiger partial charge in [0.1, 0.15) is 0 Å². The SMILES string of the molecule is CC(C)C(=O)N1CC2CCCC(C1)C2n1nc(-c2ccccc2)ccc1=O. The van der Waals surface area contributed by atoms with Crippen LogP contribution in [-0.4, -0.2) is 33.7 Å². The monoisotopic (exact) mass is 365 g/mol. The molecule has 1 aromatic heterocycles. The molecule has 2 fully saturated rings. The Hall–Kier alpha value is -2.43. The standard InChI is InChI=1S/C22H27N3O2/c1-15(2)22(27)24-13-17-9-6-10-18(14-24)21(17)25-20(26)12-11-19(23-25)16-7-4-3-5-8-16/h3-5,7-8,11-12,15,17-18,21H,6,9-10,13-14H2,1-2H3. The molecule has 1 aliphatic heterocycles. The highest BCUT2D eigenvalue weighted by molar-refractivity contribution is 5.78. The first-order chi connectivity index (χ1) is 13.0. The van der Waals surface area contributed by atoms with Crippen LogP contribution in [0.3, 0.4) is 0 Å². The van der Waals surface area contributed by atoms with Gasteiger partial charge in [0, 0.05) is 30.6 Å². The summed E-state index contributed by atoms with van der Waals surface area (Å²) in [6, 6.07) is 13.5. The van der Waals surface area contributed by atoms with Gasteiger partial charge in [-0.3, -0.25) is 9.59 Å². The molecular formula is C22H27N3O2. The van der Waals surface area contributed by atoms with Gasteiger partial charge in [0.2, 0.25) is 5.91 Å². The van der Waals surface area contributed by atoms with E-state index in [4.69, 9.17) is 5.10 Å². The van der Waals surface area contributed by atoms with Crippen molar-refractivity contribution in [3.8, 4) is 11.3 Å². The quantitative estimate of drug-likeness (QED) is 0.838. The molecule has 1 amide bonds. The molecule has 2 bridgehead atoms. The first-order valence-corrected chi connectivity index (χ1v) is 9.98. The predicted octanol–water partition coefficient (Wildman–Crippen LogP) is 3.37. The van der Waals surface area contributed by atoms with E-state index in [0.29, 0.717) is 11.8 Å². The molecule has 2 aliphatic rings. The van der Waals surface area contributed by atoms with E-state index in [0.717, 1.165) is 37.2 Å². The summed E-state index contributed by atoms with van der Waals surface area (Å²) in [6.07, 6.45) is 3.27. The van der Waals surface area contributed by atoms with Crippen LogP contribution < -0.4 is 5.56 Å². The van der Waals surface area contributed by atoms with Gasteiger partial charge in [0.05, 0.1) is 11.7 Å². The molecule has 2 atom stereocenters. The summed E-state index contributed by atoms with van der Waals surface area (Å²) in [4.78, 5) is 27.2. The van der Waals surface area contributed by atoms with E-state index >= 15 is 0 Å². The van der Waals surface area contributed by atoms with Crippen molar-refractivity contribution in [2.24, 2.45) is 17.8 Å². The van der Waals surface area contributed by atoms with Crippen molar-refractivity contribution in [1.82, 2.24) is 14.7 Å². The van der Waals surface area contributed by atoms with Crippen LogP contribution in [0.4, 0.5) is 0 Å². The number of hydrogen-bond donors (Lipinski definition) is 0. The molecule has 1 saturated carbocycles. The zero-order valence-corrected chi connectivity index (χ0v) is 16.0. The first kappa shape index (κ1) is 18.0. The van der Waals surface area contributed by atoms with Gasteiger partial charge in [-0.15, -0.1) is 0 Å². The van der Waals surface area contributed by atoms with Crippen molar-refractivity contribution in [2.45, 2.75) is 39.2 Å². The molecule has 4 rings (SSSR count). The summed E-state index contributed by atoms with van der Waals surface area (Å²) in [7, 11) is 0. The van der Waals surface area contributed by atoms with E-state index in [1.165, 1.54) is 6.42 Å². The fourth-order valence-corrected chi connectivity index (χ4v) is 4.75. The fraction of sp³-hybridized carbons (Fsp3) is 0.500. The van der Waals surface area contributed by atoms with Crippen molar-refractivity contribution < 1.29 is 4.79 Å². The van der Waals surface area contributed by atoms with Crippen LogP contribution in [0.2, 0.25) is 0 Å². The highest BCUT2D eigenvalue weighted by atomic mass is 16.2. The fourth-order valence-electron chi connectivity index (χ4n) is 4.75. The van der Waals surface area contributed by atoms with Gasteiger partial charge in [-0.25, -0.2) is 4.68 Å². The predicted molar refractivity (Wildman–Crippen MR) is 105 cm³/mol. The molecule has 27 heavy (non-hydrogen) atoms. The number of aromatic nitrogens is 2. The highest BCUT2D eigenvalue weighted by Gasteiger charge is 2.43. The van der Waals surface area contributed by atoms with E-state index in [-0.39, 0.29) is 23.4 Å². The Labute approximate surface area is 160 Å². The van der Waals surface area contributed by atoms with Crippen LogP contribution >= 0.6 is 0 Å². The van der Waals surface area contributed by atoms with Crippen LogP contribution in [-0.2, 0) is 4.79 Å². The van der Waals surface area contributed by atoms with Crippen LogP contribution in [0, 0.1) is 17.8 Å². The molecule has 2 unspecified atom stereocenters. The Bertz CT molecular complexity index is 861. The lowest BCUT2D eigenvalue weighted by Gasteiger charge is -2.47. The minimum Gasteiger partial charge on any atom is -0.342 e. The van der Waals surface area contributed by atoms with E-state index in [1.807, 2.05) is 49.1 Å². The van der Waals surface area contributed by atoms with Gasteiger partial charge in [-0.2, -0.15) is 5.10 Å². The first-order valence-electron chi connectivity index (χ1n) is 9.98. The normalized spacial score (nSPS) is 24.9. The van der Waals surface area contributed by atoms with Gasteiger partial charge in [-0.05, 0) is 30.7 Å². The zero-order chi connectivity index (χ0) is 19.0. The van der Waals surface area contributed by atoms with E-state index in [9.17, 15) is 9.59 Å². The van der Waals surface area contributed by atoms with Crippen molar-refractivity contribution in [1.29, 1.82) is 0 Å². The number of piperidine rings is 1. The summed E-state index contributed by atoms with van der Waals surface area (Å²) < 4.78 is 1.72. The van der Waals surface area contributed by atoms with Gasteiger partial charge in [0.15, 0.2) is 0 Å². The van der Waals surface area contributed by atoms with Crippen molar-refractivity contribution in [3.05, 3.63) is 52.8 Å². The minimum atomic E-state index is -0.0415. The average molecular weight is 365 g/mol. The Morgan fingerprint density at radius 2 is 1.70 bits per heavy atom. The topological polar surface area (TPSA) is 55.2 Å². The maximum Gasteiger partial charge on any atom is 0.267 e. The van der Waals surface area contributed by atoms with Crippen LogP contribution in [0.15, 0.2) is 47.3 Å². The van der Waals surface area contributed by atoms with Crippen molar-refractivity contribution >= 4 is 5.91 Å². The largest absolute Gasteiger partial charge is 0.342 e. The summed E-state index contributed by atoms with van der Waals surface area (Å²) in [6.45, 7) is 5.39. The third kappa shape index (κ3) is 3.43. The number of rotatable bonds is 3. The Morgan fingerprint density at radius 3 is 2.33 bits per heavy atom. The third-order valence-electron chi connectivity index (χ3n) is 6.01. The number of carbonyl (C=O) groups excluding carboxylic acids is 1. The van der Waals surface area contributed by atoms with E-state index < -0.39 is 0 Å². The second kappa shape index (κ2) is 7.29. The van der Waals surface area contributed by atoms with Crippen LogP contribution in [0.5, 0.6) is 0 Å². The summed E-state index contributed by atoms with van der Waals surface area (Å²) in [5, 5.41) is 4.75. The molecule has 1 saturated heterocycles. The maximum atomic E-state index is 12.7. The van der Waals surface area contributed by atoms with Crippen LogP contribution in [0.1, 0.15) is 39.2 Å². The van der Waals surface area contributed by atoms with Gasteiger partial charge < -0.3 is 4.90 Å². The lowest BCUT2D eigenvalue weighted by Crippen LogP contribution is -2.53. The summed E-state index contributed by atoms with van der Waals surface area (Å²) in [5.41, 5.74) is 1.80. The number of likely N-dealkylation sites (tertiary alicyclic amines) is 1. The lowest BCUT2D eigenvalue weighted by molar-refractivity contribution is -0.140. The molecule has 0 radical (unpaired) electrons. The molecule has 1 aliphatic carbocycles. The average Bonchev–Trinajstić information content (AvgIpc) is 2.67. The second-order valence-corrected chi connectivity index (χ2v) is 8.21. The summed E-state index contributed by atoms with van der Waals surface area (Å²) in [5.74, 6) is 0.848. The Balaban J connectivity index is 1.67. The van der Waals surface area contributed by atoms with Crippen molar-refractivity contribution in [2.75, 3.05) is 13.1 Å². The smallest absolute Gasteiger partial charge is 0.267 e. The molecule has 5 nitrogen and oxygen atoms in total. The molecular weight excluding hydrogens is 338 g/mol. The Morgan fingerprint density at radius 1 is 1.04 bits per heavy atom. The molecule has 5 heteroatoms. The van der Waals surface area contributed by atoms with E-state index in [1.54, 1.807) is 16.8 Å². The number of benzene rings is 1. The molecule has 2 aromatic rings. The molecule has 0 spiro atoms. The number of amides is 1. The maximum absolute atomic E-state index is 12.7. The Kier molecular flexibility index (Phi) is 4.85. The number of hydrogen-bond acceptors (Lipinski definition) is 3. The summed E-state index contributed by atoms with van der Waals surface area (Å²) >= 11 is 0. The van der Waals surface area contributed by atoms with Gasteiger partial charge in [0.25, 0.3) is 5.56 Å². The second-order valence-electron chi connectivity index (χ2n) is 8.21. The van der Waals surface area contributed by atoms with Gasteiger partial charge in [-0.1, -0.05) is 50.6 Å². The minimum absolute atomic E-state index is 0.0181. The molecule has 0 N–H and O–H groups in total. The molecule has 2 heterocycles.